The zero-order chi connectivity index (χ0) is 18.4. The van der Waals surface area contributed by atoms with E-state index in [0.717, 1.165) is 12.8 Å². The molecule has 148 valence electrons. The predicted molar refractivity (Wildman–Crippen MR) is 109 cm³/mol. The van der Waals surface area contributed by atoms with Crippen LogP contribution in [0.2, 0.25) is 0 Å². The van der Waals surface area contributed by atoms with Gasteiger partial charge < -0.3 is 10.4 Å². The summed E-state index contributed by atoms with van der Waals surface area (Å²) < 4.78 is 0. The zero-order valence-electron chi connectivity index (χ0n) is 16.7. The maximum absolute atomic E-state index is 11.6. The molecule has 0 fully saturated rings. The molecule has 0 atom stereocenters. The van der Waals surface area contributed by atoms with Crippen molar-refractivity contribution in [3.05, 3.63) is 12.2 Å². The summed E-state index contributed by atoms with van der Waals surface area (Å²) >= 11 is 0. The third-order valence-corrected chi connectivity index (χ3v) is 4.59. The molecular weight excluding hydrogens is 310 g/mol. The van der Waals surface area contributed by atoms with Gasteiger partial charge in [-0.15, -0.1) is 0 Å². The number of hydrogen-bond acceptors (Lipinski definition) is 3. The average molecular weight is 354 g/mol. The van der Waals surface area contributed by atoms with Gasteiger partial charge in [0, 0.05) is 25.9 Å². The van der Waals surface area contributed by atoms with Crippen LogP contribution in [0.5, 0.6) is 0 Å². The van der Waals surface area contributed by atoms with Crippen LogP contribution in [0.4, 0.5) is 0 Å². The lowest BCUT2D eigenvalue weighted by Crippen LogP contribution is -2.21. The van der Waals surface area contributed by atoms with E-state index in [1.165, 1.54) is 77.0 Å². The molecular formula is C22H43NO2. The van der Waals surface area contributed by atoms with Crippen molar-refractivity contribution in [3.63, 3.8) is 0 Å². The lowest BCUT2D eigenvalue weighted by atomic mass is 10.1. The third-order valence-electron chi connectivity index (χ3n) is 4.59. The lowest BCUT2D eigenvalue weighted by molar-refractivity contribution is -0.119. The summed E-state index contributed by atoms with van der Waals surface area (Å²) in [7, 11) is 0. The van der Waals surface area contributed by atoms with Crippen LogP contribution in [-0.2, 0) is 4.79 Å². The molecule has 0 aromatic rings. The van der Waals surface area contributed by atoms with Gasteiger partial charge in [-0.2, -0.15) is 0 Å². The van der Waals surface area contributed by atoms with Crippen molar-refractivity contribution in [2.75, 3.05) is 19.7 Å². The van der Waals surface area contributed by atoms with E-state index in [4.69, 9.17) is 5.11 Å². The Hall–Kier alpha value is -0.670. The highest BCUT2D eigenvalue weighted by Crippen LogP contribution is 2.10. The van der Waals surface area contributed by atoms with Crippen LogP contribution in [-0.4, -0.2) is 30.6 Å². The third kappa shape index (κ3) is 21.3. The zero-order valence-corrected chi connectivity index (χ0v) is 16.7. The Bertz CT molecular complexity index is 302. The van der Waals surface area contributed by atoms with Crippen molar-refractivity contribution >= 4 is 5.78 Å². The molecule has 0 bridgehead atoms. The van der Waals surface area contributed by atoms with Crippen molar-refractivity contribution in [2.45, 2.75) is 103 Å². The summed E-state index contributed by atoms with van der Waals surface area (Å²) in [5.74, 6) is 0.350. The Morgan fingerprint density at radius 1 is 0.760 bits per heavy atom. The summed E-state index contributed by atoms with van der Waals surface area (Å²) in [6, 6.07) is 0. The monoisotopic (exact) mass is 353 g/mol. The summed E-state index contributed by atoms with van der Waals surface area (Å²) in [6.45, 7) is 3.69. The minimum Gasteiger partial charge on any atom is -0.395 e. The van der Waals surface area contributed by atoms with Gasteiger partial charge in [0.2, 0.25) is 0 Å². The number of ketones is 1. The van der Waals surface area contributed by atoms with E-state index in [2.05, 4.69) is 24.4 Å². The van der Waals surface area contributed by atoms with Crippen molar-refractivity contribution in [3.8, 4) is 0 Å². The molecule has 2 N–H and O–H groups in total. The van der Waals surface area contributed by atoms with E-state index in [1.54, 1.807) is 0 Å². The molecule has 0 saturated carbocycles. The first-order valence-electron chi connectivity index (χ1n) is 10.8. The minimum absolute atomic E-state index is 0.141. The fraction of sp³-hybridized carbons (Fsp3) is 0.864. The number of Topliss-reactive ketones (excluding diaryl/α,β-unsaturated/α-hetero) is 1. The molecule has 0 aliphatic rings. The van der Waals surface area contributed by atoms with Gasteiger partial charge in [-0.25, -0.2) is 0 Å². The van der Waals surface area contributed by atoms with E-state index >= 15 is 0 Å². The average Bonchev–Trinajstić information content (AvgIpc) is 2.62. The van der Waals surface area contributed by atoms with E-state index in [1.807, 2.05) is 0 Å². The first-order valence-corrected chi connectivity index (χ1v) is 10.8. The molecule has 3 heteroatoms. The van der Waals surface area contributed by atoms with Crippen LogP contribution in [0.1, 0.15) is 103 Å². The Labute approximate surface area is 156 Å². The van der Waals surface area contributed by atoms with Crippen molar-refractivity contribution < 1.29 is 9.90 Å². The van der Waals surface area contributed by atoms with Crippen LogP contribution < -0.4 is 5.32 Å². The Morgan fingerprint density at radius 3 is 1.92 bits per heavy atom. The molecule has 0 aliphatic carbocycles. The molecule has 3 nitrogen and oxygen atoms in total. The van der Waals surface area contributed by atoms with E-state index in [-0.39, 0.29) is 6.61 Å². The normalized spacial score (nSPS) is 11.4. The van der Waals surface area contributed by atoms with Crippen molar-refractivity contribution in [2.24, 2.45) is 0 Å². The number of allylic oxidation sites excluding steroid dienone is 2. The highest BCUT2D eigenvalue weighted by molar-refractivity contribution is 5.78. The first-order chi connectivity index (χ1) is 12.3. The van der Waals surface area contributed by atoms with Gasteiger partial charge in [0.05, 0.1) is 6.61 Å². The summed E-state index contributed by atoms with van der Waals surface area (Å²) in [5.41, 5.74) is 0. The van der Waals surface area contributed by atoms with E-state index in [0.29, 0.717) is 25.3 Å². The van der Waals surface area contributed by atoms with Gasteiger partial charge in [-0.3, -0.25) is 4.79 Å². The highest BCUT2D eigenvalue weighted by Gasteiger charge is 2.01. The Kier molecular flexibility index (Phi) is 20.8. The SMILES string of the molecule is CCCCCCCC/C=C\CCCCCCCC(=O)CCNCCO. The van der Waals surface area contributed by atoms with E-state index in [9.17, 15) is 4.79 Å². The topological polar surface area (TPSA) is 49.3 Å². The number of nitrogens with one attached hydrogen (secondary N) is 1. The maximum atomic E-state index is 11.6. The van der Waals surface area contributed by atoms with Crippen LogP contribution in [0.25, 0.3) is 0 Å². The predicted octanol–water partition coefficient (Wildman–Crippen LogP) is 5.57. The van der Waals surface area contributed by atoms with E-state index < -0.39 is 0 Å². The molecule has 25 heavy (non-hydrogen) atoms. The van der Waals surface area contributed by atoms with Gasteiger partial charge in [0.1, 0.15) is 5.78 Å². The molecule has 0 amide bonds. The summed E-state index contributed by atoms with van der Waals surface area (Å²) in [4.78, 5) is 11.6. The molecule has 0 rings (SSSR count). The Morgan fingerprint density at radius 2 is 1.32 bits per heavy atom. The van der Waals surface area contributed by atoms with Gasteiger partial charge >= 0.3 is 0 Å². The second kappa shape index (κ2) is 21.4. The molecule has 0 heterocycles. The molecule has 0 radical (unpaired) electrons. The van der Waals surface area contributed by atoms with Crippen LogP contribution >= 0.6 is 0 Å². The second-order valence-electron chi connectivity index (χ2n) is 7.10. The van der Waals surface area contributed by atoms with Crippen molar-refractivity contribution in [1.82, 2.24) is 5.32 Å². The van der Waals surface area contributed by atoms with Gasteiger partial charge in [-0.05, 0) is 32.1 Å². The van der Waals surface area contributed by atoms with Gasteiger partial charge in [-0.1, -0.05) is 70.4 Å². The lowest BCUT2D eigenvalue weighted by Gasteiger charge is -2.03. The molecule has 0 aliphatic heterocycles. The number of hydrogen-bond donors (Lipinski definition) is 2. The molecule has 0 aromatic heterocycles. The molecule has 0 spiro atoms. The largest absolute Gasteiger partial charge is 0.395 e. The molecule has 0 unspecified atom stereocenters. The number of carbonyl (C=O) groups is 1. The molecule has 0 aromatic carbocycles. The quantitative estimate of drug-likeness (QED) is 0.222. The van der Waals surface area contributed by atoms with Crippen LogP contribution in [0.3, 0.4) is 0 Å². The Balaban J connectivity index is 3.17. The summed E-state index contributed by atoms with van der Waals surface area (Å²) in [6.07, 6.45) is 22.8. The fourth-order valence-corrected chi connectivity index (χ4v) is 2.95. The highest BCUT2D eigenvalue weighted by atomic mass is 16.3. The van der Waals surface area contributed by atoms with Crippen LogP contribution in [0.15, 0.2) is 12.2 Å². The second-order valence-corrected chi connectivity index (χ2v) is 7.10. The van der Waals surface area contributed by atoms with Gasteiger partial charge in [0.15, 0.2) is 0 Å². The first kappa shape index (κ1) is 24.3. The number of aliphatic hydroxyl groups excluding tert-OH is 1. The number of carbonyl (C=O) groups excluding carboxylic acids is 1. The number of aliphatic hydroxyl groups is 1. The smallest absolute Gasteiger partial charge is 0.134 e. The van der Waals surface area contributed by atoms with Crippen LogP contribution in [0, 0.1) is 0 Å². The number of rotatable bonds is 20. The molecule has 0 saturated heterocycles. The number of unbranched alkanes of at least 4 members (excludes halogenated alkanes) is 11. The minimum atomic E-state index is 0.141. The van der Waals surface area contributed by atoms with Gasteiger partial charge in [0.25, 0.3) is 0 Å². The standard InChI is InChI=1S/C22H43NO2/c1-2-3-4-5-6-7-8-9-10-11-12-13-14-15-16-17-22(25)18-19-23-20-21-24/h9-10,23-24H,2-8,11-21H2,1H3/b10-9-. The maximum Gasteiger partial charge on any atom is 0.134 e. The van der Waals surface area contributed by atoms with Crippen molar-refractivity contribution in [1.29, 1.82) is 0 Å². The fourth-order valence-electron chi connectivity index (χ4n) is 2.95. The summed E-state index contributed by atoms with van der Waals surface area (Å²) in [5, 5.41) is 11.7.